The molecule has 1 aromatic carbocycles. The van der Waals surface area contributed by atoms with Gasteiger partial charge in [-0.2, -0.15) is 18.4 Å². The number of hydrogen-bond donors (Lipinski definition) is 0. The summed E-state index contributed by atoms with van der Waals surface area (Å²) in [5, 5.41) is 8.76. The Bertz CT molecular complexity index is 516. The third kappa shape index (κ3) is 3.23. The van der Waals surface area contributed by atoms with Crippen LogP contribution in [0.4, 0.5) is 18.9 Å². The Morgan fingerprint density at radius 1 is 1.45 bits per heavy atom. The lowest BCUT2D eigenvalue weighted by Gasteiger charge is -2.23. The van der Waals surface area contributed by atoms with Crippen molar-refractivity contribution in [3.8, 4) is 6.07 Å². The molecular weight excluding hydrogens is 269 g/mol. The van der Waals surface area contributed by atoms with Gasteiger partial charge in [0.2, 0.25) is 0 Å². The fraction of sp³-hybridized carbons (Fsp3) is 0.500. The molecule has 1 aliphatic rings. The number of alkyl halides is 3. The predicted octanol–water partition coefficient (Wildman–Crippen LogP) is 3.19. The summed E-state index contributed by atoms with van der Waals surface area (Å²) in [6.45, 7) is 1.25. The summed E-state index contributed by atoms with van der Waals surface area (Å²) in [4.78, 5) is 1.73. The van der Waals surface area contributed by atoms with E-state index < -0.39 is 11.7 Å². The molecule has 0 N–H and O–H groups in total. The lowest BCUT2D eigenvalue weighted by Crippen LogP contribution is -2.28. The standard InChI is InChI=1S/C14H15F3N2O/c1-19(9-12-3-2-6-20-12)11-5-4-10(8-18)13(7-11)14(15,16)17/h4-5,7,12H,2-3,6,9H2,1H3. The zero-order chi connectivity index (χ0) is 14.8. The van der Waals surface area contributed by atoms with Crippen LogP contribution in [0.15, 0.2) is 18.2 Å². The molecule has 20 heavy (non-hydrogen) atoms. The topological polar surface area (TPSA) is 36.3 Å². The van der Waals surface area contributed by atoms with E-state index in [4.69, 9.17) is 10.00 Å². The first-order valence-electron chi connectivity index (χ1n) is 6.36. The summed E-state index contributed by atoms with van der Waals surface area (Å²) in [6.07, 6.45) is -2.55. The Hall–Kier alpha value is -1.74. The van der Waals surface area contributed by atoms with Crippen LogP contribution in [0.2, 0.25) is 0 Å². The van der Waals surface area contributed by atoms with E-state index in [0.717, 1.165) is 18.9 Å². The van der Waals surface area contributed by atoms with Gasteiger partial charge in [-0.15, -0.1) is 0 Å². The highest BCUT2D eigenvalue weighted by molar-refractivity contribution is 5.54. The summed E-state index contributed by atoms with van der Waals surface area (Å²) < 4.78 is 44.1. The average Bonchev–Trinajstić information content (AvgIpc) is 2.89. The summed E-state index contributed by atoms with van der Waals surface area (Å²) >= 11 is 0. The van der Waals surface area contributed by atoms with Crippen molar-refractivity contribution >= 4 is 5.69 Å². The lowest BCUT2D eigenvalue weighted by molar-refractivity contribution is -0.137. The Balaban J connectivity index is 2.22. The molecular formula is C14H15F3N2O. The van der Waals surface area contributed by atoms with Crippen LogP contribution in [0.1, 0.15) is 24.0 Å². The van der Waals surface area contributed by atoms with Crippen molar-refractivity contribution in [1.82, 2.24) is 0 Å². The molecule has 0 saturated carbocycles. The van der Waals surface area contributed by atoms with Crippen molar-refractivity contribution in [3.63, 3.8) is 0 Å². The van der Waals surface area contributed by atoms with Crippen LogP contribution in [0.25, 0.3) is 0 Å². The number of ether oxygens (including phenoxy) is 1. The van der Waals surface area contributed by atoms with Crippen molar-refractivity contribution < 1.29 is 17.9 Å². The van der Waals surface area contributed by atoms with Gasteiger partial charge in [0.25, 0.3) is 0 Å². The zero-order valence-corrected chi connectivity index (χ0v) is 11.1. The van der Waals surface area contributed by atoms with E-state index >= 15 is 0 Å². The SMILES string of the molecule is CN(CC1CCCO1)c1ccc(C#N)c(C(F)(F)F)c1. The van der Waals surface area contributed by atoms with E-state index in [1.54, 1.807) is 18.0 Å². The van der Waals surface area contributed by atoms with Crippen LogP contribution in [-0.2, 0) is 10.9 Å². The highest BCUT2D eigenvalue weighted by Gasteiger charge is 2.34. The van der Waals surface area contributed by atoms with E-state index in [1.165, 1.54) is 12.1 Å². The monoisotopic (exact) mass is 284 g/mol. The maximum absolute atomic E-state index is 12.9. The van der Waals surface area contributed by atoms with Crippen LogP contribution in [0, 0.1) is 11.3 Å². The van der Waals surface area contributed by atoms with Crippen molar-refractivity contribution in [1.29, 1.82) is 5.26 Å². The van der Waals surface area contributed by atoms with Crippen LogP contribution >= 0.6 is 0 Å². The Labute approximate surface area is 115 Å². The maximum Gasteiger partial charge on any atom is 0.417 e. The van der Waals surface area contributed by atoms with E-state index in [2.05, 4.69) is 0 Å². The molecule has 2 rings (SSSR count). The minimum absolute atomic E-state index is 0.0602. The quantitative estimate of drug-likeness (QED) is 0.855. The smallest absolute Gasteiger partial charge is 0.376 e. The zero-order valence-electron chi connectivity index (χ0n) is 11.1. The van der Waals surface area contributed by atoms with Gasteiger partial charge in [0, 0.05) is 25.9 Å². The first kappa shape index (κ1) is 14.7. The Morgan fingerprint density at radius 2 is 2.20 bits per heavy atom. The second-order valence-electron chi connectivity index (χ2n) is 4.85. The number of rotatable bonds is 3. The molecule has 0 bridgehead atoms. The van der Waals surface area contributed by atoms with Gasteiger partial charge >= 0.3 is 6.18 Å². The minimum Gasteiger partial charge on any atom is -0.376 e. The van der Waals surface area contributed by atoms with Gasteiger partial charge in [0.05, 0.1) is 23.3 Å². The molecule has 1 saturated heterocycles. The molecule has 1 fully saturated rings. The van der Waals surface area contributed by atoms with Gasteiger partial charge in [-0.25, -0.2) is 0 Å². The van der Waals surface area contributed by atoms with Gasteiger partial charge in [-0.1, -0.05) is 0 Å². The Morgan fingerprint density at radius 3 is 2.75 bits per heavy atom. The average molecular weight is 284 g/mol. The van der Waals surface area contributed by atoms with Gasteiger partial charge in [-0.05, 0) is 31.0 Å². The molecule has 1 atom stereocenters. The molecule has 1 unspecified atom stereocenters. The van der Waals surface area contributed by atoms with E-state index in [-0.39, 0.29) is 11.7 Å². The number of nitriles is 1. The molecule has 3 nitrogen and oxygen atoms in total. The molecule has 1 aliphatic heterocycles. The fourth-order valence-electron chi connectivity index (χ4n) is 2.30. The molecule has 6 heteroatoms. The first-order valence-corrected chi connectivity index (χ1v) is 6.36. The van der Waals surface area contributed by atoms with Crippen LogP contribution < -0.4 is 4.90 Å². The number of anilines is 1. The van der Waals surface area contributed by atoms with Crippen molar-refractivity contribution in [3.05, 3.63) is 29.3 Å². The molecule has 0 radical (unpaired) electrons. The predicted molar refractivity (Wildman–Crippen MR) is 68.4 cm³/mol. The van der Waals surface area contributed by atoms with E-state index in [9.17, 15) is 13.2 Å². The summed E-state index contributed by atoms with van der Waals surface area (Å²) in [5.41, 5.74) is -0.810. The number of benzene rings is 1. The van der Waals surface area contributed by atoms with Gasteiger partial charge in [0.15, 0.2) is 0 Å². The molecule has 0 amide bonds. The molecule has 1 heterocycles. The third-order valence-electron chi connectivity index (χ3n) is 3.37. The normalized spacial score (nSPS) is 18.9. The molecule has 108 valence electrons. The van der Waals surface area contributed by atoms with Gasteiger partial charge < -0.3 is 9.64 Å². The largest absolute Gasteiger partial charge is 0.417 e. The van der Waals surface area contributed by atoms with Gasteiger partial charge in [-0.3, -0.25) is 0 Å². The van der Waals surface area contributed by atoms with Crippen molar-refractivity contribution in [2.45, 2.75) is 25.1 Å². The second-order valence-corrected chi connectivity index (χ2v) is 4.85. The minimum atomic E-state index is -4.52. The molecule has 0 spiro atoms. The number of hydrogen-bond acceptors (Lipinski definition) is 3. The highest BCUT2D eigenvalue weighted by Crippen LogP contribution is 2.34. The van der Waals surface area contributed by atoms with Gasteiger partial charge in [0.1, 0.15) is 0 Å². The molecule has 1 aromatic rings. The third-order valence-corrected chi connectivity index (χ3v) is 3.37. The van der Waals surface area contributed by atoms with Crippen LogP contribution in [0.3, 0.4) is 0 Å². The second kappa shape index (κ2) is 5.71. The highest BCUT2D eigenvalue weighted by atomic mass is 19.4. The van der Waals surface area contributed by atoms with Crippen molar-refractivity contribution in [2.24, 2.45) is 0 Å². The molecule has 0 aliphatic carbocycles. The van der Waals surface area contributed by atoms with Crippen LogP contribution in [-0.4, -0.2) is 26.3 Å². The maximum atomic E-state index is 12.9. The fourth-order valence-corrected chi connectivity index (χ4v) is 2.30. The Kier molecular flexibility index (Phi) is 4.19. The summed E-state index contributed by atoms with van der Waals surface area (Å²) in [7, 11) is 1.73. The summed E-state index contributed by atoms with van der Waals surface area (Å²) in [6, 6.07) is 5.34. The van der Waals surface area contributed by atoms with E-state index in [1.807, 2.05) is 0 Å². The number of nitrogens with zero attached hydrogens (tertiary/aromatic N) is 2. The lowest BCUT2D eigenvalue weighted by atomic mass is 10.1. The number of halogens is 3. The summed E-state index contributed by atoms with van der Waals surface area (Å²) in [5.74, 6) is 0. The number of likely N-dealkylation sites (N-methyl/N-ethyl adjacent to an activating group) is 1. The van der Waals surface area contributed by atoms with Crippen molar-refractivity contribution in [2.75, 3.05) is 25.1 Å². The molecule has 0 aromatic heterocycles. The van der Waals surface area contributed by atoms with E-state index in [0.29, 0.717) is 18.8 Å². The van der Waals surface area contributed by atoms with Crippen LogP contribution in [0.5, 0.6) is 0 Å². The first-order chi connectivity index (χ1) is 9.41.